The maximum Gasteiger partial charge on any atom is 0.356 e. The van der Waals surface area contributed by atoms with Crippen LogP contribution >= 0.6 is 0 Å². The topological polar surface area (TPSA) is 67.8 Å². The lowest BCUT2D eigenvalue weighted by Gasteiger charge is -2.15. The Bertz CT molecular complexity index is 907. The Kier molecular flexibility index (Phi) is 6.88. The van der Waals surface area contributed by atoms with Gasteiger partial charge < -0.3 is 4.74 Å². The van der Waals surface area contributed by atoms with Crippen molar-refractivity contribution in [1.82, 2.24) is 5.43 Å². The van der Waals surface area contributed by atoms with Crippen LogP contribution in [0.25, 0.3) is 0 Å². The number of benzene rings is 2. The lowest BCUT2D eigenvalue weighted by molar-refractivity contribution is -0.137. The predicted octanol–water partition coefficient (Wildman–Crippen LogP) is 4.01. The molecule has 0 heterocycles. The van der Waals surface area contributed by atoms with Crippen LogP contribution in [0, 0.1) is 12.3 Å². The number of carbonyl (C=O) groups is 2. The van der Waals surface area contributed by atoms with Gasteiger partial charge in [0.05, 0.1) is 12.8 Å². The highest BCUT2D eigenvalue weighted by molar-refractivity contribution is 6.13. The van der Waals surface area contributed by atoms with Gasteiger partial charge in [-0.2, -0.15) is 5.10 Å². The predicted molar refractivity (Wildman–Crippen MR) is 111 cm³/mol. The van der Waals surface area contributed by atoms with Gasteiger partial charge in [-0.05, 0) is 12.5 Å². The first kappa shape index (κ1) is 21.1. The fourth-order valence-electron chi connectivity index (χ4n) is 2.43. The van der Waals surface area contributed by atoms with Crippen LogP contribution in [0.5, 0.6) is 0 Å². The largest absolute Gasteiger partial charge is 0.464 e. The van der Waals surface area contributed by atoms with Crippen LogP contribution in [0.1, 0.15) is 37.5 Å². The van der Waals surface area contributed by atoms with Crippen molar-refractivity contribution in [3.05, 3.63) is 83.1 Å². The fourth-order valence-corrected chi connectivity index (χ4v) is 2.43. The normalized spacial score (nSPS) is 12.5. The van der Waals surface area contributed by atoms with Gasteiger partial charge in [0.1, 0.15) is 5.70 Å². The molecule has 5 nitrogen and oxygen atoms in total. The Labute approximate surface area is 166 Å². The number of esters is 1. The molecular formula is C23H26N2O3. The molecule has 146 valence electrons. The zero-order valence-electron chi connectivity index (χ0n) is 16.9. The Morgan fingerprint density at radius 2 is 1.61 bits per heavy atom. The third-order valence-corrected chi connectivity index (χ3v) is 4.16. The standard InChI is InChI=1S/C23H26N2O3/c1-16-11-9-10-14-18(16)21(17-12-7-6-8-13-17)25-24-19(22(27)28-5)15-20(26)23(2,3)4/h6-15,24H,1-5H3/b19-15-,25-21-. The molecule has 2 rings (SSSR count). The highest BCUT2D eigenvalue weighted by Crippen LogP contribution is 2.17. The van der Waals surface area contributed by atoms with Gasteiger partial charge in [-0.15, -0.1) is 0 Å². The van der Waals surface area contributed by atoms with Gasteiger partial charge in [0.15, 0.2) is 5.78 Å². The fraction of sp³-hybridized carbons (Fsp3) is 0.261. The molecule has 5 heteroatoms. The number of aryl methyl sites for hydroxylation is 1. The average molecular weight is 378 g/mol. The van der Waals surface area contributed by atoms with Gasteiger partial charge in [-0.25, -0.2) is 4.79 Å². The molecule has 0 aliphatic carbocycles. The first-order chi connectivity index (χ1) is 13.2. The van der Waals surface area contributed by atoms with Crippen molar-refractivity contribution in [2.24, 2.45) is 10.5 Å². The van der Waals surface area contributed by atoms with Crippen LogP contribution in [-0.4, -0.2) is 24.6 Å². The van der Waals surface area contributed by atoms with Crippen LogP contribution < -0.4 is 5.43 Å². The number of carbonyl (C=O) groups excluding carboxylic acids is 2. The summed E-state index contributed by atoms with van der Waals surface area (Å²) in [7, 11) is 1.27. The molecule has 0 aliphatic heterocycles. The van der Waals surface area contributed by atoms with E-state index >= 15 is 0 Å². The van der Waals surface area contributed by atoms with Gasteiger partial charge in [0.25, 0.3) is 0 Å². The number of nitrogens with zero attached hydrogens (tertiary/aromatic N) is 1. The number of hydrogen-bond acceptors (Lipinski definition) is 5. The Hall–Kier alpha value is -3.21. The molecular weight excluding hydrogens is 352 g/mol. The van der Waals surface area contributed by atoms with Crippen LogP contribution in [0.15, 0.2) is 71.5 Å². The van der Waals surface area contributed by atoms with Gasteiger partial charge in [-0.1, -0.05) is 75.4 Å². The molecule has 0 aromatic heterocycles. The van der Waals surface area contributed by atoms with E-state index in [0.717, 1.165) is 16.7 Å². The Morgan fingerprint density at radius 1 is 1.00 bits per heavy atom. The number of hydrogen-bond donors (Lipinski definition) is 1. The highest BCUT2D eigenvalue weighted by Gasteiger charge is 2.22. The third kappa shape index (κ3) is 5.39. The molecule has 0 bridgehead atoms. The van der Waals surface area contributed by atoms with Gasteiger partial charge >= 0.3 is 5.97 Å². The lowest BCUT2D eigenvalue weighted by Crippen LogP contribution is -2.24. The maximum absolute atomic E-state index is 12.4. The SMILES string of the molecule is COC(=O)/C(=C/C(=O)C(C)(C)C)N/N=C(/c1ccccc1)c1ccccc1C. The van der Waals surface area contributed by atoms with Crippen molar-refractivity contribution in [3.8, 4) is 0 Å². The molecule has 0 atom stereocenters. The quantitative estimate of drug-likeness (QED) is 0.357. The minimum atomic E-state index is -0.654. The Morgan fingerprint density at radius 3 is 2.18 bits per heavy atom. The van der Waals surface area contributed by atoms with Crippen molar-refractivity contribution in [2.75, 3.05) is 7.11 Å². The van der Waals surface area contributed by atoms with E-state index in [9.17, 15) is 9.59 Å². The monoisotopic (exact) mass is 378 g/mol. The van der Waals surface area contributed by atoms with Gasteiger partial charge in [0, 0.05) is 22.6 Å². The van der Waals surface area contributed by atoms with E-state index in [4.69, 9.17) is 4.74 Å². The van der Waals surface area contributed by atoms with E-state index in [2.05, 4.69) is 10.5 Å². The number of allylic oxidation sites excluding steroid dienone is 1. The number of hydrazone groups is 1. The van der Waals surface area contributed by atoms with Crippen molar-refractivity contribution in [2.45, 2.75) is 27.7 Å². The molecule has 28 heavy (non-hydrogen) atoms. The number of methoxy groups -OCH3 is 1. The average Bonchev–Trinajstić information content (AvgIpc) is 2.67. The second-order valence-electron chi connectivity index (χ2n) is 7.42. The van der Waals surface area contributed by atoms with Crippen LogP contribution in [0.3, 0.4) is 0 Å². The minimum absolute atomic E-state index is 0.00978. The zero-order chi connectivity index (χ0) is 20.7. The summed E-state index contributed by atoms with van der Waals surface area (Å²) in [6.45, 7) is 7.35. The van der Waals surface area contributed by atoms with Crippen LogP contribution in [-0.2, 0) is 14.3 Å². The maximum atomic E-state index is 12.4. The van der Waals surface area contributed by atoms with E-state index in [1.54, 1.807) is 20.8 Å². The van der Waals surface area contributed by atoms with Crippen LogP contribution in [0.4, 0.5) is 0 Å². The summed E-state index contributed by atoms with van der Waals surface area (Å²) in [4.78, 5) is 24.5. The van der Waals surface area contributed by atoms with E-state index in [1.165, 1.54) is 13.2 Å². The molecule has 2 aromatic rings. The number of ketones is 1. The molecule has 0 aliphatic rings. The number of rotatable bonds is 6. The van der Waals surface area contributed by atoms with E-state index < -0.39 is 11.4 Å². The summed E-state index contributed by atoms with van der Waals surface area (Å²) in [5.74, 6) is -0.855. The van der Waals surface area contributed by atoms with Crippen molar-refractivity contribution in [1.29, 1.82) is 0 Å². The van der Waals surface area contributed by atoms with Crippen molar-refractivity contribution >= 4 is 17.5 Å². The number of nitrogens with one attached hydrogen (secondary N) is 1. The number of ether oxygens (including phenoxy) is 1. The lowest BCUT2D eigenvalue weighted by atomic mass is 9.90. The summed E-state index contributed by atoms with van der Waals surface area (Å²) in [5, 5.41) is 4.47. The molecule has 0 unspecified atom stereocenters. The molecule has 0 fully saturated rings. The molecule has 1 N–H and O–H groups in total. The second-order valence-corrected chi connectivity index (χ2v) is 7.42. The molecule has 2 aromatic carbocycles. The zero-order valence-corrected chi connectivity index (χ0v) is 16.9. The summed E-state index contributed by atoms with van der Waals surface area (Å²) in [5.41, 5.74) is 5.63. The van der Waals surface area contributed by atoms with Crippen LogP contribution in [0.2, 0.25) is 0 Å². The molecule has 0 saturated heterocycles. The first-order valence-electron chi connectivity index (χ1n) is 9.03. The Balaban J connectivity index is 2.50. The van der Waals surface area contributed by atoms with Crippen molar-refractivity contribution < 1.29 is 14.3 Å². The molecule has 0 radical (unpaired) electrons. The summed E-state index contributed by atoms with van der Waals surface area (Å²) >= 11 is 0. The summed E-state index contributed by atoms with van der Waals surface area (Å²) < 4.78 is 4.80. The highest BCUT2D eigenvalue weighted by atomic mass is 16.5. The van der Waals surface area contributed by atoms with Crippen molar-refractivity contribution in [3.63, 3.8) is 0 Å². The molecule has 0 amide bonds. The van der Waals surface area contributed by atoms with Gasteiger partial charge in [-0.3, -0.25) is 10.2 Å². The minimum Gasteiger partial charge on any atom is -0.464 e. The molecule has 0 saturated carbocycles. The first-order valence-corrected chi connectivity index (χ1v) is 9.03. The smallest absolute Gasteiger partial charge is 0.356 e. The van der Waals surface area contributed by atoms with E-state index in [0.29, 0.717) is 5.71 Å². The summed E-state index contributed by atoms with van der Waals surface area (Å²) in [6, 6.07) is 17.5. The third-order valence-electron chi connectivity index (χ3n) is 4.16. The molecule has 0 spiro atoms. The van der Waals surface area contributed by atoms with E-state index in [1.807, 2.05) is 61.5 Å². The van der Waals surface area contributed by atoms with E-state index in [-0.39, 0.29) is 11.5 Å². The summed E-state index contributed by atoms with van der Waals surface area (Å²) in [6.07, 6.45) is 1.25. The van der Waals surface area contributed by atoms with Gasteiger partial charge in [0.2, 0.25) is 0 Å². The second kappa shape index (κ2) is 9.13.